The number of hydrogen-bond acceptors (Lipinski definition) is 4. The van der Waals surface area contributed by atoms with Gasteiger partial charge in [0.25, 0.3) is 0 Å². The third-order valence-corrected chi connectivity index (χ3v) is 4.04. The first kappa shape index (κ1) is 17.6. The molecule has 2 N–H and O–H groups in total. The lowest BCUT2D eigenvalue weighted by molar-refractivity contribution is -0.114. The van der Waals surface area contributed by atoms with Crippen LogP contribution in [0.2, 0.25) is 0 Å². The van der Waals surface area contributed by atoms with Gasteiger partial charge in [-0.3, -0.25) is 4.79 Å². The summed E-state index contributed by atoms with van der Waals surface area (Å²) in [7, 11) is 0. The van der Waals surface area contributed by atoms with Gasteiger partial charge in [-0.05, 0) is 54.4 Å². The predicted octanol–water partition coefficient (Wildman–Crippen LogP) is 3.40. The van der Waals surface area contributed by atoms with Gasteiger partial charge in [-0.2, -0.15) is 5.26 Å². The average molecular weight is 344 g/mol. The zero-order chi connectivity index (χ0) is 18.4. The second-order valence-electron chi connectivity index (χ2n) is 6.14. The predicted molar refractivity (Wildman–Crippen MR) is 103 cm³/mol. The first-order chi connectivity index (χ1) is 12.6. The highest BCUT2D eigenvalue weighted by atomic mass is 16.1. The number of hydrogen-bond donors (Lipinski definition) is 2. The highest BCUT2D eigenvalue weighted by Gasteiger charge is 2.02. The number of anilines is 1. The fourth-order valence-electron chi connectivity index (χ4n) is 2.78. The molecule has 0 saturated carbocycles. The van der Waals surface area contributed by atoms with E-state index in [0.717, 1.165) is 41.5 Å². The van der Waals surface area contributed by atoms with Gasteiger partial charge in [0, 0.05) is 18.9 Å². The van der Waals surface area contributed by atoms with Crippen molar-refractivity contribution in [2.75, 3.05) is 11.9 Å². The van der Waals surface area contributed by atoms with Crippen molar-refractivity contribution in [3.8, 4) is 6.07 Å². The molecule has 5 nitrogen and oxygen atoms in total. The molecule has 1 heterocycles. The van der Waals surface area contributed by atoms with Crippen LogP contribution in [0.25, 0.3) is 10.9 Å². The van der Waals surface area contributed by atoms with E-state index in [9.17, 15) is 4.79 Å². The standard InChI is InChI=1S/C21H20N4O/c1-15(26)24-21-8-7-19-6-5-18(12-20(19)25-21)14-23-10-9-16-3-2-4-17(11-16)13-22/h2-8,11-12,23H,9-10,14H2,1H3,(H,24,25,26). The summed E-state index contributed by atoms with van der Waals surface area (Å²) in [5.74, 6) is 0.433. The molecule has 130 valence electrons. The van der Waals surface area contributed by atoms with Crippen LogP contribution in [-0.2, 0) is 17.8 Å². The lowest BCUT2D eigenvalue weighted by Gasteiger charge is -2.08. The van der Waals surface area contributed by atoms with E-state index >= 15 is 0 Å². The number of pyridine rings is 1. The van der Waals surface area contributed by atoms with Crippen LogP contribution in [0.5, 0.6) is 0 Å². The molecule has 1 amide bonds. The van der Waals surface area contributed by atoms with Crippen LogP contribution in [0.1, 0.15) is 23.6 Å². The summed E-state index contributed by atoms with van der Waals surface area (Å²) in [5.41, 5.74) is 3.84. The van der Waals surface area contributed by atoms with Crippen molar-refractivity contribution in [2.45, 2.75) is 19.9 Å². The Hall–Kier alpha value is -3.23. The number of fused-ring (bicyclic) bond motifs is 1. The number of benzene rings is 2. The minimum absolute atomic E-state index is 0.130. The summed E-state index contributed by atoms with van der Waals surface area (Å²) in [6, 6.07) is 19.7. The second-order valence-corrected chi connectivity index (χ2v) is 6.14. The first-order valence-corrected chi connectivity index (χ1v) is 8.51. The third kappa shape index (κ3) is 4.65. The number of amides is 1. The van der Waals surface area contributed by atoms with Crippen molar-refractivity contribution in [3.05, 3.63) is 71.3 Å². The monoisotopic (exact) mass is 344 g/mol. The molecule has 0 aliphatic rings. The summed E-state index contributed by atoms with van der Waals surface area (Å²) >= 11 is 0. The lowest BCUT2D eigenvalue weighted by atomic mass is 10.1. The van der Waals surface area contributed by atoms with Gasteiger partial charge in [0.1, 0.15) is 5.82 Å². The maximum Gasteiger partial charge on any atom is 0.222 e. The summed E-state index contributed by atoms with van der Waals surface area (Å²) in [5, 5.41) is 16.1. The minimum atomic E-state index is -0.130. The van der Waals surface area contributed by atoms with Crippen LogP contribution in [0.15, 0.2) is 54.6 Å². The second kappa shape index (κ2) is 8.24. The molecule has 0 saturated heterocycles. The number of carbonyl (C=O) groups is 1. The van der Waals surface area contributed by atoms with E-state index in [2.05, 4.69) is 27.8 Å². The molecule has 0 atom stereocenters. The van der Waals surface area contributed by atoms with Crippen molar-refractivity contribution in [2.24, 2.45) is 0 Å². The molecule has 0 aliphatic heterocycles. The lowest BCUT2D eigenvalue weighted by Crippen LogP contribution is -2.16. The van der Waals surface area contributed by atoms with Crippen molar-refractivity contribution >= 4 is 22.6 Å². The van der Waals surface area contributed by atoms with Gasteiger partial charge in [0.2, 0.25) is 5.91 Å². The number of nitriles is 1. The molecule has 5 heteroatoms. The Labute approximate surface area is 152 Å². The average Bonchev–Trinajstić information content (AvgIpc) is 2.64. The third-order valence-electron chi connectivity index (χ3n) is 4.04. The largest absolute Gasteiger partial charge is 0.312 e. The Balaban J connectivity index is 1.59. The Morgan fingerprint density at radius 3 is 2.77 bits per heavy atom. The molecule has 3 aromatic rings. The maximum atomic E-state index is 11.2. The molecular formula is C21H20N4O. The number of nitrogens with zero attached hydrogens (tertiary/aromatic N) is 2. The molecule has 3 rings (SSSR count). The van der Waals surface area contributed by atoms with E-state index in [4.69, 9.17) is 5.26 Å². The Kier molecular flexibility index (Phi) is 5.57. The summed E-state index contributed by atoms with van der Waals surface area (Å²) in [6.07, 6.45) is 0.869. The molecule has 0 radical (unpaired) electrons. The molecular weight excluding hydrogens is 324 g/mol. The van der Waals surface area contributed by atoms with Crippen LogP contribution in [0, 0.1) is 11.3 Å². The van der Waals surface area contributed by atoms with E-state index < -0.39 is 0 Å². The Morgan fingerprint density at radius 1 is 1.12 bits per heavy atom. The van der Waals surface area contributed by atoms with Crippen molar-refractivity contribution in [1.82, 2.24) is 10.3 Å². The Morgan fingerprint density at radius 2 is 1.96 bits per heavy atom. The van der Waals surface area contributed by atoms with E-state index in [1.165, 1.54) is 6.92 Å². The van der Waals surface area contributed by atoms with Crippen LogP contribution in [0.4, 0.5) is 5.82 Å². The summed E-state index contributed by atoms with van der Waals surface area (Å²) in [6.45, 7) is 3.03. The normalized spacial score (nSPS) is 10.5. The maximum absolute atomic E-state index is 11.2. The fraction of sp³-hybridized carbons (Fsp3) is 0.190. The van der Waals surface area contributed by atoms with E-state index in [-0.39, 0.29) is 5.91 Å². The van der Waals surface area contributed by atoms with Crippen LogP contribution in [0.3, 0.4) is 0 Å². The van der Waals surface area contributed by atoms with E-state index in [1.807, 2.05) is 42.5 Å². The SMILES string of the molecule is CC(=O)Nc1ccc2ccc(CNCCc3cccc(C#N)c3)cc2n1. The summed E-state index contributed by atoms with van der Waals surface area (Å²) in [4.78, 5) is 15.6. The van der Waals surface area contributed by atoms with Crippen LogP contribution in [-0.4, -0.2) is 17.4 Å². The minimum Gasteiger partial charge on any atom is -0.312 e. The molecule has 26 heavy (non-hydrogen) atoms. The zero-order valence-corrected chi connectivity index (χ0v) is 14.6. The van der Waals surface area contributed by atoms with E-state index in [1.54, 1.807) is 6.07 Å². The highest BCUT2D eigenvalue weighted by Crippen LogP contribution is 2.17. The molecule has 0 fully saturated rings. The Bertz CT molecular complexity index is 975. The van der Waals surface area contributed by atoms with Gasteiger partial charge >= 0.3 is 0 Å². The molecule has 0 bridgehead atoms. The quantitative estimate of drug-likeness (QED) is 0.672. The molecule has 0 aliphatic carbocycles. The topological polar surface area (TPSA) is 77.8 Å². The first-order valence-electron chi connectivity index (χ1n) is 8.51. The number of rotatable bonds is 6. The van der Waals surface area contributed by atoms with Crippen molar-refractivity contribution in [3.63, 3.8) is 0 Å². The van der Waals surface area contributed by atoms with Crippen molar-refractivity contribution < 1.29 is 4.79 Å². The molecule has 0 unspecified atom stereocenters. The fourth-order valence-corrected chi connectivity index (χ4v) is 2.78. The summed E-state index contributed by atoms with van der Waals surface area (Å²) < 4.78 is 0. The molecule has 0 spiro atoms. The van der Waals surface area contributed by atoms with Gasteiger partial charge in [-0.15, -0.1) is 0 Å². The van der Waals surface area contributed by atoms with Crippen LogP contribution < -0.4 is 10.6 Å². The van der Waals surface area contributed by atoms with Crippen molar-refractivity contribution in [1.29, 1.82) is 5.26 Å². The van der Waals surface area contributed by atoms with E-state index in [0.29, 0.717) is 11.4 Å². The van der Waals surface area contributed by atoms with Gasteiger partial charge < -0.3 is 10.6 Å². The van der Waals surface area contributed by atoms with Crippen LogP contribution >= 0.6 is 0 Å². The zero-order valence-electron chi connectivity index (χ0n) is 14.6. The van der Waals surface area contributed by atoms with Gasteiger partial charge in [-0.25, -0.2) is 4.98 Å². The molecule has 1 aromatic heterocycles. The van der Waals surface area contributed by atoms with Gasteiger partial charge in [-0.1, -0.05) is 24.3 Å². The molecule has 2 aromatic carbocycles. The number of carbonyl (C=O) groups excluding carboxylic acids is 1. The smallest absolute Gasteiger partial charge is 0.222 e. The number of nitrogens with one attached hydrogen (secondary N) is 2. The highest BCUT2D eigenvalue weighted by molar-refractivity contribution is 5.89. The number of aromatic nitrogens is 1. The van der Waals surface area contributed by atoms with Gasteiger partial charge in [0.05, 0.1) is 17.1 Å². The van der Waals surface area contributed by atoms with Gasteiger partial charge in [0.15, 0.2) is 0 Å².